The number of nitrogens with one attached hydrogen (secondary N) is 1. The molecule has 24 heavy (non-hydrogen) atoms. The Hall–Kier alpha value is -1.89. The summed E-state index contributed by atoms with van der Waals surface area (Å²) in [6.07, 6.45) is 2.95. The summed E-state index contributed by atoms with van der Waals surface area (Å²) in [5, 5.41) is 5.16. The molecule has 2 aromatic heterocycles. The van der Waals surface area contributed by atoms with E-state index in [2.05, 4.69) is 20.3 Å². The van der Waals surface area contributed by atoms with Crippen molar-refractivity contribution >= 4 is 57.6 Å². The van der Waals surface area contributed by atoms with Crippen molar-refractivity contribution in [1.82, 2.24) is 15.0 Å². The summed E-state index contributed by atoms with van der Waals surface area (Å²) in [6, 6.07) is 7.65. The van der Waals surface area contributed by atoms with E-state index >= 15 is 0 Å². The normalized spacial score (nSPS) is 10.8. The third kappa shape index (κ3) is 3.61. The smallest absolute Gasteiger partial charge is 0.235 e. The Morgan fingerprint density at radius 3 is 2.83 bits per heavy atom. The van der Waals surface area contributed by atoms with Gasteiger partial charge in [-0.15, -0.1) is 0 Å². The molecule has 0 unspecified atom stereocenters. The number of thioether (sulfide) groups is 1. The van der Waals surface area contributed by atoms with Crippen LogP contribution in [0.3, 0.4) is 0 Å². The lowest BCUT2D eigenvalue weighted by molar-refractivity contribution is -0.113. The molecule has 0 atom stereocenters. The van der Waals surface area contributed by atoms with Crippen molar-refractivity contribution in [3.05, 3.63) is 52.4 Å². The van der Waals surface area contributed by atoms with Crippen molar-refractivity contribution < 1.29 is 4.79 Å². The second kappa shape index (κ2) is 7.34. The molecule has 122 valence electrons. The summed E-state index contributed by atoms with van der Waals surface area (Å²) in [4.78, 5) is 24.7. The zero-order chi connectivity index (χ0) is 17.1. The third-order valence-electron chi connectivity index (χ3n) is 3.31. The summed E-state index contributed by atoms with van der Waals surface area (Å²) in [7, 11) is 0. The Kier molecular flexibility index (Phi) is 5.18. The number of amides is 1. The van der Waals surface area contributed by atoms with Gasteiger partial charge in [0, 0.05) is 11.6 Å². The summed E-state index contributed by atoms with van der Waals surface area (Å²) in [6.45, 7) is 1.77. The number of hydrogen-bond donors (Lipinski definition) is 1. The van der Waals surface area contributed by atoms with Gasteiger partial charge >= 0.3 is 0 Å². The lowest BCUT2D eigenvalue weighted by Crippen LogP contribution is -2.15. The van der Waals surface area contributed by atoms with Gasteiger partial charge in [0.15, 0.2) is 5.82 Å². The largest absolute Gasteiger partial charge is 0.309 e. The fourth-order valence-corrected chi connectivity index (χ4v) is 3.22. The number of rotatable bonds is 4. The molecule has 5 nitrogen and oxygen atoms in total. The van der Waals surface area contributed by atoms with Gasteiger partial charge in [0.05, 0.1) is 21.3 Å². The van der Waals surface area contributed by atoms with E-state index in [0.717, 1.165) is 15.9 Å². The highest BCUT2D eigenvalue weighted by molar-refractivity contribution is 8.00. The van der Waals surface area contributed by atoms with E-state index in [-0.39, 0.29) is 11.7 Å². The number of benzene rings is 1. The SMILES string of the molecule is Cc1c(Cl)cnc(NC(=O)CSc2ncnc3ccccc23)c1Cl. The summed E-state index contributed by atoms with van der Waals surface area (Å²) >= 11 is 13.4. The molecule has 1 N–H and O–H groups in total. The Labute approximate surface area is 152 Å². The minimum absolute atomic E-state index is 0.181. The molecule has 3 aromatic rings. The molecule has 2 heterocycles. The highest BCUT2D eigenvalue weighted by Crippen LogP contribution is 2.29. The standard InChI is InChI=1S/C16H12Cl2N4OS/c1-9-11(17)6-19-15(14(9)18)22-13(23)7-24-16-10-4-2-3-5-12(10)20-8-21-16/h2-6,8H,7H2,1H3,(H,19,22,23). The summed E-state index contributed by atoms with van der Waals surface area (Å²) < 4.78 is 0. The number of hydrogen-bond acceptors (Lipinski definition) is 5. The molecule has 0 saturated heterocycles. The number of carbonyl (C=O) groups is 1. The van der Waals surface area contributed by atoms with Gasteiger partial charge in [-0.3, -0.25) is 4.79 Å². The van der Waals surface area contributed by atoms with Crippen LogP contribution in [-0.2, 0) is 4.79 Å². The number of aromatic nitrogens is 3. The van der Waals surface area contributed by atoms with Crippen molar-refractivity contribution in [2.45, 2.75) is 11.9 Å². The van der Waals surface area contributed by atoms with Crippen LogP contribution in [0.5, 0.6) is 0 Å². The van der Waals surface area contributed by atoms with Crippen molar-refractivity contribution in [2.75, 3.05) is 11.1 Å². The molecule has 0 aliphatic heterocycles. The Balaban J connectivity index is 1.71. The first-order valence-corrected chi connectivity index (χ1v) is 8.73. The molecule has 0 aliphatic rings. The highest BCUT2D eigenvalue weighted by atomic mass is 35.5. The fraction of sp³-hybridized carbons (Fsp3) is 0.125. The molecule has 0 aliphatic carbocycles. The summed E-state index contributed by atoms with van der Waals surface area (Å²) in [5.41, 5.74) is 1.52. The Morgan fingerprint density at radius 1 is 1.21 bits per heavy atom. The number of halogens is 2. The molecule has 8 heteroatoms. The first kappa shape index (κ1) is 17.0. The average Bonchev–Trinajstić information content (AvgIpc) is 2.60. The number of pyridine rings is 1. The molecule has 1 amide bonds. The van der Waals surface area contributed by atoms with E-state index in [9.17, 15) is 4.79 Å². The maximum absolute atomic E-state index is 12.2. The lowest BCUT2D eigenvalue weighted by Gasteiger charge is -2.09. The van der Waals surface area contributed by atoms with E-state index < -0.39 is 0 Å². The van der Waals surface area contributed by atoms with Crippen LogP contribution in [0.2, 0.25) is 10.0 Å². The van der Waals surface area contributed by atoms with Gasteiger partial charge in [-0.2, -0.15) is 0 Å². The molecule has 0 fully saturated rings. The van der Waals surface area contributed by atoms with E-state index in [1.807, 2.05) is 24.3 Å². The maximum atomic E-state index is 12.2. The van der Waals surface area contributed by atoms with Gasteiger partial charge in [-0.05, 0) is 18.6 Å². The van der Waals surface area contributed by atoms with Crippen LogP contribution in [0.15, 0.2) is 41.8 Å². The monoisotopic (exact) mass is 378 g/mol. The van der Waals surface area contributed by atoms with Crippen LogP contribution in [0.25, 0.3) is 10.9 Å². The average molecular weight is 379 g/mol. The van der Waals surface area contributed by atoms with Crippen LogP contribution in [0, 0.1) is 6.92 Å². The molecule has 1 aromatic carbocycles. The topological polar surface area (TPSA) is 67.8 Å². The van der Waals surface area contributed by atoms with E-state index in [1.165, 1.54) is 24.3 Å². The van der Waals surface area contributed by atoms with Crippen LogP contribution in [0.4, 0.5) is 5.82 Å². The third-order valence-corrected chi connectivity index (χ3v) is 5.16. The van der Waals surface area contributed by atoms with Crippen molar-refractivity contribution in [1.29, 1.82) is 0 Å². The van der Waals surface area contributed by atoms with Crippen LogP contribution in [0.1, 0.15) is 5.56 Å². The predicted molar refractivity (Wildman–Crippen MR) is 97.9 cm³/mol. The van der Waals surface area contributed by atoms with Crippen LogP contribution in [-0.4, -0.2) is 26.6 Å². The van der Waals surface area contributed by atoms with Crippen LogP contribution < -0.4 is 5.32 Å². The first-order chi connectivity index (χ1) is 11.6. The number of nitrogens with zero attached hydrogens (tertiary/aromatic N) is 3. The van der Waals surface area contributed by atoms with Crippen molar-refractivity contribution in [3.63, 3.8) is 0 Å². The van der Waals surface area contributed by atoms with Gasteiger partial charge < -0.3 is 5.32 Å². The zero-order valence-electron chi connectivity index (χ0n) is 12.6. The fourth-order valence-electron chi connectivity index (χ4n) is 2.04. The van der Waals surface area contributed by atoms with E-state index in [0.29, 0.717) is 21.4 Å². The van der Waals surface area contributed by atoms with Crippen LogP contribution >= 0.6 is 35.0 Å². The molecule has 0 radical (unpaired) electrons. The number of carbonyl (C=O) groups excluding carboxylic acids is 1. The second-order valence-electron chi connectivity index (χ2n) is 4.93. The predicted octanol–water partition coefficient (Wildman–Crippen LogP) is 4.37. The van der Waals surface area contributed by atoms with Gasteiger partial charge in [0.2, 0.25) is 5.91 Å². The molecular weight excluding hydrogens is 367 g/mol. The molecule has 3 rings (SSSR count). The van der Waals surface area contributed by atoms with Crippen molar-refractivity contribution in [2.24, 2.45) is 0 Å². The molecule has 0 saturated carbocycles. The van der Waals surface area contributed by atoms with E-state index in [1.54, 1.807) is 6.92 Å². The molecule has 0 spiro atoms. The maximum Gasteiger partial charge on any atom is 0.235 e. The minimum Gasteiger partial charge on any atom is -0.309 e. The summed E-state index contributed by atoms with van der Waals surface area (Å²) in [5.74, 6) is 0.260. The second-order valence-corrected chi connectivity index (χ2v) is 6.68. The minimum atomic E-state index is -0.223. The zero-order valence-corrected chi connectivity index (χ0v) is 14.9. The van der Waals surface area contributed by atoms with Gasteiger partial charge in [0.25, 0.3) is 0 Å². The Morgan fingerprint density at radius 2 is 2.00 bits per heavy atom. The van der Waals surface area contributed by atoms with E-state index in [4.69, 9.17) is 23.2 Å². The number of anilines is 1. The quantitative estimate of drug-likeness (QED) is 0.539. The first-order valence-electron chi connectivity index (χ1n) is 6.99. The Bertz CT molecular complexity index is 914. The number of para-hydroxylation sites is 1. The highest BCUT2D eigenvalue weighted by Gasteiger charge is 2.13. The molecular formula is C16H12Cl2N4OS. The lowest BCUT2D eigenvalue weighted by atomic mass is 10.2. The van der Waals surface area contributed by atoms with Gasteiger partial charge in [0.1, 0.15) is 11.4 Å². The van der Waals surface area contributed by atoms with Gasteiger partial charge in [-0.25, -0.2) is 15.0 Å². The number of fused-ring (bicyclic) bond motifs is 1. The van der Waals surface area contributed by atoms with Crippen molar-refractivity contribution in [3.8, 4) is 0 Å². The molecule has 0 bridgehead atoms. The van der Waals surface area contributed by atoms with Gasteiger partial charge in [-0.1, -0.05) is 53.2 Å².